The highest BCUT2D eigenvalue weighted by Crippen LogP contribution is 2.30. The van der Waals surface area contributed by atoms with Gasteiger partial charge in [-0.2, -0.15) is 0 Å². The molecule has 2 unspecified atom stereocenters. The lowest BCUT2D eigenvalue weighted by molar-refractivity contribution is 0.464. The molecule has 1 aromatic carbocycles. The van der Waals surface area contributed by atoms with Crippen LogP contribution in [0.2, 0.25) is 5.02 Å². The maximum Gasteiger partial charge on any atom is 0.141 e. The second-order valence-corrected chi connectivity index (χ2v) is 5.83. The van der Waals surface area contributed by atoms with E-state index in [1.807, 2.05) is 6.07 Å². The Morgan fingerprint density at radius 1 is 1.18 bits per heavy atom. The van der Waals surface area contributed by atoms with Crippen LogP contribution in [0.25, 0.3) is 0 Å². The van der Waals surface area contributed by atoms with Gasteiger partial charge in [-0.15, -0.1) is 11.6 Å². The number of rotatable bonds is 2. The Morgan fingerprint density at radius 3 is 2.71 bits per heavy atom. The van der Waals surface area contributed by atoms with Gasteiger partial charge in [0.05, 0.1) is 5.02 Å². The van der Waals surface area contributed by atoms with Crippen LogP contribution in [0, 0.1) is 11.7 Å². The van der Waals surface area contributed by atoms with Gasteiger partial charge in [-0.3, -0.25) is 0 Å². The first-order valence-corrected chi connectivity index (χ1v) is 7.06. The summed E-state index contributed by atoms with van der Waals surface area (Å²) in [6.45, 7) is 0. The molecule has 0 heterocycles. The third kappa shape index (κ3) is 3.59. The van der Waals surface area contributed by atoms with Gasteiger partial charge in [0.15, 0.2) is 0 Å². The molecule has 1 aliphatic carbocycles. The van der Waals surface area contributed by atoms with Gasteiger partial charge in [-0.25, -0.2) is 4.39 Å². The average molecular weight is 275 g/mol. The van der Waals surface area contributed by atoms with Crippen LogP contribution in [0.1, 0.15) is 37.7 Å². The number of halogens is 3. The molecule has 0 radical (unpaired) electrons. The summed E-state index contributed by atoms with van der Waals surface area (Å²) < 4.78 is 13.1. The molecule has 1 aliphatic rings. The predicted octanol–water partition coefficient (Wildman–Crippen LogP) is 5.21. The quantitative estimate of drug-likeness (QED) is 0.513. The fraction of sp³-hybridized carbons (Fsp3) is 0.571. The molecule has 1 fully saturated rings. The molecule has 1 saturated carbocycles. The van der Waals surface area contributed by atoms with E-state index < -0.39 is 0 Å². The summed E-state index contributed by atoms with van der Waals surface area (Å²) in [6, 6.07) is 4.98. The van der Waals surface area contributed by atoms with Crippen LogP contribution in [0.5, 0.6) is 0 Å². The van der Waals surface area contributed by atoms with Crippen LogP contribution in [-0.2, 0) is 6.42 Å². The summed E-state index contributed by atoms with van der Waals surface area (Å²) in [5.41, 5.74) is 1.09. The van der Waals surface area contributed by atoms with Crippen molar-refractivity contribution in [2.24, 2.45) is 5.92 Å². The zero-order valence-electron chi connectivity index (χ0n) is 9.76. The highest BCUT2D eigenvalue weighted by atomic mass is 35.5. The maximum absolute atomic E-state index is 13.1. The summed E-state index contributed by atoms with van der Waals surface area (Å²) in [5, 5.41) is 0.462. The van der Waals surface area contributed by atoms with Crippen molar-refractivity contribution in [3.63, 3.8) is 0 Å². The first-order valence-electron chi connectivity index (χ1n) is 6.25. The molecule has 0 spiro atoms. The molecule has 94 valence electrons. The van der Waals surface area contributed by atoms with Gasteiger partial charge in [0.1, 0.15) is 5.82 Å². The van der Waals surface area contributed by atoms with Crippen molar-refractivity contribution in [3.8, 4) is 0 Å². The van der Waals surface area contributed by atoms with E-state index in [0.29, 0.717) is 5.92 Å². The first-order chi connectivity index (χ1) is 8.16. The van der Waals surface area contributed by atoms with E-state index in [0.717, 1.165) is 18.4 Å². The van der Waals surface area contributed by atoms with Crippen LogP contribution in [0.3, 0.4) is 0 Å². The Labute approximate surface area is 112 Å². The monoisotopic (exact) mass is 274 g/mol. The maximum atomic E-state index is 13.1. The zero-order chi connectivity index (χ0) is 12.3. The van der Waals surface area contributed by atoms with E-state index >= 15 is 0 Å². The van der Waals surface area contributed by atoms with Crippen molar-refractivity contribution in [2.75, 3.05) is 0 Å². The molecular formula is C14H17Cl2F. The molecule has 0 aromatic heterocycles. The van der Waals surface area contributed by atoms with E-state index in [9.17, 15) is 4.39 Å². The van der Waals surface area contributed by atoms with Crippen molar-refractivity contribution in [1.82, 2.24) is 0 Å². The Balaban J connectivity index is 2.05. The molecule has 17 heavy (non-hydrogen) atoms. The number of alkyl halides is 1. The molecule has 1 aromatic rings. The molecular weight excluding hydrogens is 258 g/mol. The van der Waals surface area contributed by atoms with Gasteiger partial charge < -0.3 is 0 Å². The van der Waals surface area contributed by atoms with Gasteiger partial charge in [-0.05, 0) is 42.9 Å². The standard InChI is InChI=1S/C14H17Cl2F/c15-12-5-3-1-2-4-11(12)8-10-6-7-14(17)13(16)9-10/h6-7,9,11-12H,1-5,8H2. The normalized spacial score (nSPS) is 25.6. The largest absolute Gasteiger partial charge is 0.205 e. The highest BCUT2D eigenvalue weighted by molar-refractivity contribution is 6.30. The van der Waals surface area contributed by atoms with Crippen molar-refractivity contribution >= 4 is 23.2 Å². The number of hydrogen-bond acceptors (Lipinski definition) is 0. The van der Waals surface area contributed by atoms with Crippen LogP contribution >= 0.6 is 23.2 Å². The van der Waals surface area contributed by atoms with Gasteiger partial charge in [0.25, 0.3) is 0 Å². The average Bonchev–Trinajstić information content (AvgIpc) is 2.50. The van der Waals surface area contributed by atoms with E-state index in [1.165, 1.54) is 31.7 Å². The van der Waals surface area contributed by atoms with Crippen molar-refractivity contribution in [3.05, 3.63) is 34.6 Å². The molecule has 3 heteroatoms. The van der Waals surface area contributed by atoms with Crippen LogP contribution in [0.4, 0.5) is 4.39 Å². The van der Waals surface area contributed by atoms with Crippen molar-refractivity contribution in [1.29, 1.82) is 0 Å². The molecule has 2 atom stereocenters. The van der Waals surface area contributed by atoms with Gasteiger partial charge in [0, 0.05) is 5.38 Å². The molecule has 0 N–H and O–H groups in total. The fourth-order valence-electron chi connectivity index (χ4n) is 2.54. The minimum Gasteiger partial charge on any atom is -0.205 e. The SMILES string of the molecule is Fc1ccc(CC2CCCCCC2Cl)cc1Cl. The molecule has 0 nitrogen and oxygen atoms in total. The summed E-state index contributed by atoms with van der Waals surface area (Å²) >= 11 is 12.2. The molecule has 2 rings (SSSR count). The fourth-order valence-corrected chi connectivity index (χ4v) is 3.11. The lowest BCUT2D eigenvalue weighted by atomic mass is 9.92. The van der Waals surface area contributed by atoms with Gasteiger partial charge in [0.2, 0.25) is 0 Å². The topological polar surface area (TPSA) is 0 Å². The second-order valence-electron chi connectivity index (χ2n) is 4.87. The smallest absolute Gasteiger partial charge is 0.141 e. The Kier molecular flexibility index (Phi) is 4.69. The van der Waals surface area contributed by atoms with Crippen LogP contribution in [-0.4, -0.2) is 5.38 Å². The molecule has 0 amide bonds. The molecule has 0 aliphatic heterocycles. The zero-order valence-corrected chi connectivity index (χ0v) is 11.3. The summed E-state index contributed by atoms with van der Waals surface area (Å²) in [7, 11) is 0. The second kappa shape index (κ2) is 6.06. The molecule has 0 bridgehead atoms. The van der Waals surface area contributed by atoms with Crippen LogP contribution < -0.4 is 0 Å². The molecule has 0 saturated heterocycles. The van der Waals surface area contributed by atoms with E-state index in [1.54, 1.807) is 6.07 Å². The van der Waals surface area contributed by atoms with Gasteiger partial charge in [-0.1, -0.05) is 36.9 Å². The lowest BCUT2D eigenvalue weighted by Gasteiger charge is -2.19. The van der Waals surface area contributed by atoms with Crippen molar-refractivity contribution in [2.45, 2.75) is 43.9 Å². The van der Waals surface area contributed by atoms with Gasteiger partial charge >= 0.3 is 0 Å². The summed E-state index contributed by atoms with van der Waals surface area (Å²) in [5.74, 6) is 0.152. The minimum absolute atomic E-state index is 0.210. The third-order valence-electron chi connectivity index (χ3n) is 3.55. The van der Waals surface area contributed by atoms with E-state index in [2.05, 4.69) is 0 Å². The predicted molar refractivity (Wildman–Crippen MR) is 71.3 cm³/mol. The number of benzene rings is 1. The van der Waals surface area contributed by atoms with E-state index in [4.69, 9.17) is 23.2 Å². The Morgan fingerprint density at radius 2 is 1.94 bits per heavy atom. The summed E-state index contributed by atoms with van der Waals surface area (Å²) in [4.78, 5) is 0. The Hall–Kier alpha value is -0.270. The van der Waals surface area contributed by atoms with Crippen LogP contribution in [0.15, 0.2) is 18.2 Å². The Bertz CT molecular complexity index is 378. The van der Waals surface area contributed by atoms with Crippen molar-refractivity contribution < 1.29 is 4.39 Å². The summed E-state index contributed by atoms with van der Waals surface area (Å²) in [6.07, 6.45) is 6.94. The lowest BCUT2D eigenvalue weighted by Crippen LogP contribution is -2.16. The van der Waals surface area contributed by atoms with E-state index in [-0.39, 0.29) is 16.2 Å². The highest BCUT2D eigenvalue weighted by Gasteiger charge is 2.22. The number of hydrogen-bond donors (Lipinski definition) is 0. The minimum atomic E-state index is -0.348. The first kappa shape index (κ1) is 13.2. The third-order valence-corrected chi connectivity index (χ3v) is 4.41.